The van der Waals surface area contributed by atoms with Gasteiger partial charge in [0.1, 0.15) is 0 Å². The molecule has 150 valence electrons. The quantitative estimate of drug-likeness (QED) is 0.357. The van der Waals surface area contributed by atoms with E-state index in [2.05, 4.69) is 26.0 Å². The minimum Gasteiger partial charge on any atom is -0.318 e. The third kappa shape index (κ3) is 4.03. The van der Waals surface area contributed by atoms with Gasteiger partial charge < -0.3 is 9.13 Å². The van der Waals surface area contributed by atoms with E-state index >= 15 is 0 Å². The van der Waals surface area contributed by atoms with Gasteiger partial charge in [0.2, 0.25) is 0 Å². The van der Waals surface area contributed by atoms with E-state index in [4.69, 9.17) is 0 Å². The van der Waals surface area contributed by atoms with Crippen LogP contribution in [0.5, 0.6) is 0 Å². The van der Waals surface area contributed by atoms with E-state index in [0.29, 0.717) is 11.5 Å². The van der Waals surface area contributed by atoms with Gasteiger partial charge in [0.25, 0.3) is 11.2 Å². The van der Waals surface area contributed by atoms with Crippen molar-refractivity contribution in [1.82, 2.24) is 9.13 Å². The van der Waals surface area contributed by atoms with Crippen LogP contribution in [0.4, 0.5) is 5.69 Å². The predicted octanol–water partition coefficient (Wildman–Crippen LogP) is 4.17. The van der Waals surface area contributed by atoms with Gasteiger partial charge in [-0.3, -0.25) is 19.7 Å². The number of Topliss-reactive ketones (excluding diaryl/α,β-unsaturated/α-hetero) is 1. The van der Waals surface area contributed by atoms with Crippen LogP contribution in [-0.2, 0) is 6.54 Å². The summed E-state index contributed by atoms with van der Waals surface area (Å²) in [7, 11) is 0. The molecule has 7 nitrogen and oxygen atoms in total. The highest BCUT2D eigenvalue weighted by Gasteiger charge is 2.18. The van der Waals surface area contributed by atoms with Crippen LogP contribution < -0.4 is 5.56 Å². The molecule has 29 heavy (non-hydrogen) atoms. The first-order valence-corrected chi connectivity index (χ1v) is 9.36. The molecule has 2 heterocycles. The van der Waals surface area contributed by atoms with E-state index in [-0.39, 0.29) is 18.0 Å². The highest BCUT2D eigenvalue weighted by atomic mass is 16.6. The summed E-state index contributed by atoms with van der Waals surface area (Å²) < 4.78 is 3.07. The molecule has 7 heteroatoms. The Kier molecular flexibility index (Phi) is 5.50. The van der Waals surface area contributed by atoms with Gasteiger partial charge in [0.15, 0.2) is 5.78 Å². The van der Waals surface area contributed by atoms with Crippen LogP contribution in [0.15, 0.2) is 53.5 Å². The Morgan fingerprint density at radius 2 is 1.76 bits per heavy atom. The zero-order chi connectivity index (χ0) is 21.3. The molecule has 0 fully saturated rings. The summed E-state index contributed by atoms with van der Waals surface area (Å²) in [6.07, 6.45) is 1.10. The zero-order valence-corrected chi connectivity index (χ0v) is 16.9. The summed E-state index contributed by atoms with van der Waals surface area (Å²) in [5.41, 5.74) is 3.66. The molecule has 3 rings (SSSR count). The van der Waals surface area contributed by atoms with Crippen LogP contribution in [0.2, 0.25) is 0 Å². The van der Waals surface area contributed by atoms with Gasteiger partial charge in [0, 0.05) is 34.8 Å². The van der Waals surface area contributed by atoms with Crippen LogP contribution in [-0.4, -0.2) is 19.8 Å². The molecule has 0 saturated carbocycles. The lowest BCUT2D eigenvalue weighted by Crippen LogP contribution is -2.23. The van der Waals surface area contributed by atoms with Crippen LogP contribution in [0, 0.1) is 24.0 Å². The van der Waals surface area contributed by atoms with Crippen molar-refractivity contribution in [3.63, 3.8) is 0 Å². The molecule has 0 saturated heterocycles. The Balaban J connectivity index is 1.94. The number of aryl methyl sites for hydroxylation is 1. The third-order valence-corrected chi connectivity index (χ3v) is 5.04. The number of carbonyl (C=O) groups is 1. The van der Waals surface area contributed by atoms with Crippen molar-refractivity contribution in [1.29, 1.82) is 0 Å². The first kappa shape index (κ1) is 20.3. The molecule has 0 aliphatic rings. The second-order valence-electron chi connectivity index (χ2n) is 7.40. The van der Waals surface area contributed by atoms with Crippen LogP contribution in [0.1, 0.15) is 47.1 Å². The maximum Gasteiger partial charge on any atom is 0.285 e. The van der Waals surface area contributed by atoms with E-state index in [1.54, 1.807) is 6.07 Å². The fourth-order valence-electron chi connectivity index (χ4n) is 3.44. The molecule has 0 spiro atoms. The van der Waals surface area contributed by atoms with Gasteiger partial charge in [-0.25, -0.2) is 0 Å². The van der Waals surface area contributed by atoms with Crippen molar-refractivity contribution in [3.05, 3.63) is 91.6 Å². The second-order valence-corrected chi connectivity index (χ2v) is 7.40. The SMILES string of the molecule is Cc1cc(C(=O)Cn2cc([N+](=O)[O-])ccc2=O)c(C)n1-c1ccc(C(C)C)cc1. The number of ketones is 1. The number of pyridine rings is 1. The standard InChI is InChI=1S/C22H23N3O4/c1-14(2)17-5-7-18(8-6-17)24-15(3)11-20(16(24)4)21(26)13-23-12-19(25(28)29)9-10-22(23)27/h5-12,14H,13H2,1-4H3. The Morgan fingerprint density at radius 3 is 2.34 bits per heavy atom. The third-order valence-electron chi connectivity index (χ3n) is 5.04. The number of aromatic nitrogens is 2. The number of carbonyl (C=O) groups excluding carboxylic acids is 1. The average molecular weight is 393 g/mol. The lowest BCUT2D eigenvalue weighted by molar-refractivity contribution is -0.385. The molecule has 0 aliphatic carbocycles. The molecular weight excluding hydrogens is 370 g/mol. The number of hydrogen-bond donors (Lipinski definition) is 0. The summed E-state index contributed by atoms with van der Waals surface area (Å²) in [5.74, 6) is 0.159. The van der Waals surface area contributed by atoms with Gasteiger partial charge in [-0.1, -0.05) is 26.0 Å². The minimum absolute atomic E-state index is 0.229. The maximum atomic E-state index is 12.9. The Bertz CT molecular complexity index is 1140. The van der Waals surface area contributed by atoms with Gasteiger partial charge in [-0.15, -0.1) is 0 Å². The fraction of sp³-hybridized carbons (Fsp3) is 0.273. The van der Waals surface area contributed by atoms with Gasteiger partial charge in [-0.05, 0) is 43.5 Å². The molecule has 0 bridgehead atoms. The molecule has 0 aliphatic heterocycles. The topological polar surface area (TPSA) is 87.1 Å². The average Bonchev–Trinajstić information content (AvgIpc) is 2.97. The first-order chi connectivity index (χ1) is 13.7. The van der Waals surface area contributed by atoms with E-state index in [1.165, 1.54) is 5.56 Å². The smallest absolute Gasteiger partial charge is 0.285 e. The van der Waals surface area contributed by atoms with Crippen molar-refractivity contribution in [2.75, 3.05) is 0 Å². The van der Waals surface area contributed by atoms with Crippen molar-refractivity contribution in [3.8, 4) is 5.69 Å². The van der Waals surface area contributed by atoms with E-state index in [9.17, 15) is 19.7 Å². The molecule has 0 unspecified atom stereocenters. The zero-order valence-electron chi connectivity index (χ0n) is 16.9. The summed E-state index contributed by atoms with van der Waals surface area (Å²) in [4.78, 5) is 35.2. The number of nitrogens with zero attached hydrogens (tertiary/aromatic N) is 3. The second kappa shape index (κ2) is 7.87. The van der Waals surface area contributed by atoms with E-state index in [1.807, 2.05) is 30.5 Å². The summed E-state index contributed by atoms with van der Waals surface area (Å²) in [6, 6.07) is 12.2. The molecule has 0 radical (unpaired) electrons. The van der Waals surface area contributed by atoms with Crippen molar-refractivity contribution in [2.24, 2.45) is 0 Å². The normalized spacial score (nSPS) is 11.1. The Labute approximate surface area is 168 Å². The molecule has 0 N–H and O–H groups in total. The number of rotatable bonds is 6. The molecule has 3 aromatic rings. The number of benzene rings is 1. The first-order valence-electron chi connectivity index (χ1n) is 9.36. The van der Waals surface area contributed by atoms with E-state index in [0.717, 1.165) is 40.0 Å². The highest BCUT2D eigenvalue weighted by Crippen LogP contribution is 2.23. The van der Waals surface area contributed by atoms with Crippen LogP contribution >= 0.6 is 0 Å². The molecule has 0 amide bonds. The monoisotopic (exact) mass is 393 g/mol. The minimum atomic E-state index is -0.590. The molecule has 2 aromatic heterocycles. The van der Waals surface area contributed by atoms with E-state index < -0.39 is 10.5 Å². The fourth-order valence-corrected chi connectivity index (χ4v) is 3.44. The number of nitro groups is 1. The lowest BCUT2D eigenvalue weighted by atomic mass is 10.0. The lowest BCUT2D eigenvalue weighted by Gasteiger charge is -2.12. The van der Waals surface area contributed by atoms with Gasteiger partial charge in [-0.2, -0.15) is 0 Å². The molecule has 0 atom stereocenters. The Morgan fingerprint density at radius 1 is 1.10 bits per heavy atom. The Hall–Kier alpha value is -3.48. The van der Waals surface area contributed by atoms with Crippen LogP contribution in [0.3, 0.4) is 0 Å². The highest BCUT2D eigenvalue weighted by molar-refractivity contribution is 5.97. The van der Waals surface area contributed by atoms with Gasteiger partial charge >= 0.3 is 0 Å². The largest absolute Gasteiger partial charge is 0.318 e. The summed E-state index contributed by atoms with van der Waals surface area (Å²) >= 11 is 0. The number of hydrogen-bond acceptors (Lipinski definition) is 4. The van der Waals surface area contributed by atoms with Gasteiger partial charge in [0.05, 0.1) is 17.7 Å². The van der Waals surface area contributed by atoms with Crippen LogP contribution in [0.25, 0.3) is 5.69 Å². The summed E-state index contributed by atoms with van der Waals surface area (Å²) in [6.45, 7) is 7.78. The molecular formula is C22H23N3O4. The van der Waals surface area contributed by atoms with Crippen molar-refractivity contribution < 1.29 is 9.72 Å². The molecule has 1 aromatic carbocycles. The van der Waals surface area contributed by atoms with Crippen molar-refractivity contribution >= 4 is 11.5 Å². The van der Waals surface area contributed by atoms with Crippen molar-refractivity contribution in [2.45, 2.75) is 40.2 Å². The summed E-state index contributed by atoms with van der Waals surface area (Å²) in [5, 5.41) is 10.9. The predicted molar refractivity (Wildman–Crippen MR) is 111 cm³/mol. The maximum absolute atomic E-state index is 12.9.